The van der Waals surface area contributed by atoms with Crippen molar-refractivity contribution in [2.45, 2.75) is 25.8 Å². The summed E-state index contributed by atoms with van der Waals surface area (Å²) in [7, 11) is 0. The van der Waals surface area contributed by atoms with Gasteiger partial charge in [0.2, 0.25) is 0 Å². The van der Waals surface area contributed by atoms with Gasteiger partial charge in [0.15, 0.2) is 0 Å². The van der Waals surface area contributed by atoms with Crippen molar-refractivity contribution in [2.24, 2.45) is 0 Å². The van der Waals surface area contributed by atoms with Crippen molar-refractivity contribution < 1.29 is 0 Å². The molecule has 0 radical (unpaired) electrons. The van der Waals surface area contributed by atoms with Gasteiger partial charge in [-0.1, -0.05) is 28.1 Å². The van der Waals surface area contributed by atoms with E-state index < -0.39 is 0 Å². The summed E-state index contributed by atoms with van der Waals surface area (Å²) in [6, 6.07) is 13.4. The van der Waals surface area contributed by atoms with Crippen molar-refractivity contribution in [3.8, 4) is 0 Å². The normalized spacial score (nSPS) is 17.1. The molecule has 21 heavy (non-hydrogen) atoms. The smallest absolute Gasteiger partial charge is 0.0907 e. The Hall–Kier alpha value is -1.39. The SMILES string of the molecule is Cc1nc2ccc(NC3CCc4c(Br)cccc43)cc2s1. The zero-order valence-electron chi connectivity index (χ0n) is 11.7. The van der Waals surface area contributed by atoms with Crippen LogP contribution in [0, 0.1) is 6.92 Å². The van der Waals surface area contributed by atoms with E-state index in [4.69, 9.17) is 0 Å². The van der Waals surface area contributed by atoms with Crippen LogP contribution in [0.5, 0.6) is 0 Å². The van der Waals surface area contributed by atoms with Gasteiger partial charge in [0.1, 0.15) is 0 Å². The highest BCUT2D eigenvalue weighted by Gasteiger charge is 2.23. The standard InChI is InChI=1S/C17H15BrN2S/c1-10-19-16-7-5-11(9-17(16)21-10)20-15-8-6-12-13(15)3-2-4-14(12)18/h2-5,7,9,15,20H,6,8H2,1H3. The van der Waals surface area contributed by atoms with Crippen molar-refractivity contribution in [2.75, 3.05) is 5.32 Å². The van der Waals surface area contributed by atoms with Gasteiger partial charge in [0.25, 0.3) is 0 Å². The predicted molar refractivity (Wildman–Crippen MR) is 93.2 cm³/mol. The highest BCUT2D eigenvalue weighted by Crippen LogP contribution is 2.38. The van der Waals surface area contributed by atoms with E-state index >= 15 is 0 Å². The summed E-state index contributed by atoms with van der Waals surface area (Å²) in [5.74, 6) is 0. The van der Waals surface area contributed by atoms with Crippen molar-refractivity contribution in [1.29, 1.82) is 0 Å². The number of anilines is 1. The van der Waals surface area contributed by atoms with E-state index in [0.29, 0.717) is 6.04 Å². The van der Waals surface area contributed by atoms with E-state index in [9.17, 15) is 0 Å². The maximum Gasteiger partial charge on any atom is 0.0907 e. The summed E-state index contributed by atoms with van der Waals surface area (Å²) in [6.45, 7) is 2.06. The zero-order chi connectivity index (χ0) is 14.4. The number of nitrogens with zero attached hydrogens (tertiary/aromatic N) is 1. The second kappa shape index (κ2) is 5.11. The molecule has 0 amide bonds. The molecule has 0 bridgehead atoms. The molecule has 106 valence electrons. The molecule has 1 aliphatic carbocycles. The Balaban J connectivity index is 1.65. The minimum atomic E-state index is 0.406. The molecule has 0 spiro atoms. The van der Waals surface area contributed by atoms with Crippen LogP contribution in [0.25, 0.3) is 10.2 Å². The number of aromatic nitrogens is 1. The lowest BCUT2D eigenvalue weighted by atomic mass is 10.1. The average Bonchev–Trinajstić information content (AvgIpc) is 3.02. The topological polar surface area (TPSA) is 24.9 Å². The van der Waals surface area contributed by atoms with Crippen LogP contribution in [0.4, 0.5) is 5.69 Å². The van der Waals surface area contributed by atoms with Crippen LogP contribution in [0.15, 0.2) is 40.9 Å². The number of halogens is 1. The van der Waals surface area contributed by atoms with E-state index in [0.717, 1.165) is 23.4 Å². The molecular weight excluding hydrogens is 344 g/mol. The Morgan fingerprint density at radius 3 is 3.10 bits per heavy atom. The monoisotopic (exact) mass is 358 g/mol. The van der Waals surface area contributed by atoms with Crippen LogP contribution < -0.4 is 5.32 Å². The van der Waals surface area contributed by atoms with Crippen LogP contribution in [0.2, 0.25) is 0 Å². The molecule has 1 unspecified atom stereocenters. The van der Waals surface area contributed by atoms with Crippen molar-refractivity contribution in [1.82, 2.24) is 4.98 Å². The molecule has 1 N–H and O–H groups in total. The highest BCUT2D eigenvalue weighted by molar-refractivity contribution is 9.10. The van der Waals surface area contributed by atoms with E-state index in [1.54, 1.807) is 11.3 Å². The summed E-state index contributed by atoms with van der Waals surface area (Å²) in [5.41, 5.74) is 5.15. The number of hydrogen-bond donors (Lipinski definition) is 1. The van der Waals surface area contributed by atoms with Gasteiger partial charge in [-0.2, -0.15) is 0 Å². The Morgan fingerprint density at radius 1 is 1.29 bits per heavy atom. The fourth-order valence-corrected chi connectivity index (χ4v) is 4.54. The lowest BCUT2D eigenvalue weighted by Gasteiger charge is -2.15. The maximum absolute atomic E-state index is 4.52. The number of fused-ring (bicyclic) bond motifs is 2. The molecule has 0 saturated carbocycles. The number of thiazole rings is 1. The Bertz CT molecular complexity index is 825. The maximum atomic E-state index is 4.52. The molecule has 0 fully saturated rings. The molecule has 0 saturated heterocycles. The largest absolute Gasteiger partial charge is 0.378 e. The molecule has 1 heterocycles. The molecule has 0 aliphatic heterocycles. The van der Waals surface area contributed by atoms with Gasteiger partial charge in [-0.15, -0.1) is 11.3 Å². The summed E-state index contributed by atoms with van der Waals surface area (Å²) in [4.78, 5) is 4.52. The van der Waals surface area contributed by atoms with E-state index in [-0.39, 0.29) is 0 Å². The molecule has 2 nitrogen and oxygen atoms in total. The van der Waals surface area contributed by atoms with Gasteiger partial charge in [0.05, 0.1) is 21.3 Å². The van der Waals surface area contributed by atoms with Crippen molar-refractivity contribution >= 4 is 43.2 Å². The number of nitrogens with one attached hydrogen (secondary N) is 1. The molecule has 3 aromatic rings. The van der Waals surface area contributed by atoms with Crippen LogP contribution in [0.3, 0.4) is 0 Å². The van der Waals surface area contributed by atoms with Gasteiger partial charge in [-0.3, -0.25) is 0 Å². The van der Waals surface area contributed by atoms with Gasteiger partial charge < -0.3 is 5.32 Å². The predicted octanol–water partition coefficient (Wildman–Crippen LogP) is 5.47. The summed E-state index contributed by atoms with van der Waals surface area (Å²) in [5, 5.41) is 4.81. The summed E-state index contributed by atoms with van der Waals surface area (Å²) in [6.07, 6.45) is 2.29. The quantitative estimate of drug-likeness (QED) is 0.657. The second-order valence-electron chi connectivity index (χ2n) is 5.46. The molecular formula is C17H15BrN2S. The molecule has 1 aromatic heterocycles. The zero-order valence-corrected chi connectivity index (χ0v) is 14.1. The first-order valence-electron chi connectivity index (χ1n) is 7.12. The minimum Gasteiger partial charge on any atom is -0.378 e. The molecule has 2 aromatic carbocycles. The number of benzene rings is 2. The van der Waals surface area contributed by atoms with Crippen LogP contribution in [-0.4, -0.2) is 4.98 Å². The molecule has 4 heteroatoms. The van der Waals surface area contributed by atoms with E-state index in [2.05, 4.69) is 69.6 Å². The number of rotatable bonds is 2. The summed E-state index contributed by atoms with van der Waals surface area (Å²) >= 11 is 5.41. The van der Waals surface area contributed by atoms with Gasteiger partial charge in [-0.25, -0.2) is 4.98 Å². The van der Waals surface area contributed by atoms with Crippen LogP contribution >= 0.6 is 27.3 Å². The van der Waals surface area contributed by atoms with Gasteiger partial charge >= 0.3 is 0 Å². The minimum absolute atomic E-state index is 0.406. The Kier molecular flexibility index (Phi) is 3.23. The second-order valence-corrected chi connectivity index (χ2v) is 7.55. The first-order chi connectivity index (χ1) is 10.2. The Labute approximate surface area is 136 Å². The molecule has 4 rings (SSSR count). The first-order valence-corrected chi connectivity index (χ1v) is 8.73. The fraction of sp³-hybridized carbons (Fsp3) is 0.235. The lowest BCUT2D eigenvalue weighted by molar-refractivity contribution is 0.762. The average molecular weight is 359 g/mol. The van der Waals surface area contributed by atoms with Crippen molar-refractivity contribution in [3.63, 3.8) is 0 Å². The first kappa shape index (κ1) is 13.3. The fourth-order valence-electron chi connectivity index (χ4n) is 3.09. The van der Waals surface area contributed by atoms with E-state index in [1.807, 2.05) is 0 Å². The van der Waals surface area contributed by atoms with Gasteiger partial charge in [-0.05, 0) is 55.2 Å². The van der Waals surface area contributed by atoms with Crippen LogP contribution in [0.1, 0.15) is 28.6 Å². The Morgan fingerprint density at radius 2 is 2.19 bits per heavy atom. The van der Waals surface area contributed by atoms with Crippen molar-refractivity contribution in [3.05, 3.63) is 57.0 Å². The number of aryl methyl sites for hydroxylation is 1. The molecule has 1 atom stereocenters. The number of hydrogen-bond acceptors (Lipinski definition) is 3. The third-order valence-corrected chi connectivity index (χ3v) is 5.73. The molecule has 1 aliphatic rings. The highest BCUT2D eigenvalue weighted by atomic mass is 79.9. The van der Waals surface area contributed by atoms with E-state index in [1.165, 1.54) is 26.0 Å². The lowest BCUT2D eigenvalue weighted by Crippen LogP contribution is -2.06. The third kappa shape index (κ3) is 2.36. The summed E-state index contributed by atoms with van der Waals surface area (Å²) < 4.78 is 2.49. The van der Waals surface area contributed by atoms with Gasteiger partial charge in [0, 0.05) is 10.2 Å². The third-order valence-electron chi connectivity index (χ3n) is 4.05. The van der Waals surface area contributed by atoms with Crippen LogP contribution in [-0.2, 0) is 6.42 Å².